The Kier molecular flexibility index (Phi) is 6.48. The highest BCUT2D eigenvalue weighted by molar-refractivity contribution is 6.05. The lowest BCUT2D eigenvalue weighted by Gasteiger charge is -2.29. The molecule has 1 aromatic carbocycles. The van der Waals surface area contributed by atoms with Gasteiger partial charge >= 0.3 is 0 Å². The molecule has 0 aliphatic carbocycles. The summed E-state index contributed by atoms with van der Waals surface area (Å²) in [6.07, 6.45) is 6.66. The van der Waals surface area contributed by atoms with Gasteiger partial charge in [-0.3, -0.25) is 24.5 Å². The standard InChI is InChI=1S/C26H29N5O4/c32-23(28-19-7-9-22(27-15-19)30-12-2-1-3-13-30)10-5-17-4-6-18-16-31(26(35)20(18)14-17)21-8-11-24(33)29-25(21)34/h4,6-7,9,14-15,21H,1-3,5,8,10-13,16H2,(H,28,32)(H,29,33,34). The molecule has 3 aliphatic rings. The first-order valence-corrected chi connectivity index (χ1v) is 12.3. The third-order valence-corrected chi connectivity index (χ3v) is 6.94. The zero-order valence-corrected chi connectivity index (χ0v) is 19.6. The van der Waals surface area contributed by atoms with Gasteiger partial charge in [-0.15, -0.1) is 0 Å². The number of aromatic nitrogens is 1. The van der Waals surface area contributed by atoms with Crippen LogP contribution in [0, 0.1) is 0 Å². The van der Waals surface area contributed by atoms with Crippen molar-refractivity contribution in [1.82, 2.24) is 15.2 Å². The zero-order valence-electron chi connectivity index (χ0n) is 19.6. The Hall–Kier alpha value is -3.75. The van der Waals surface area contributed by atoms with Crippen LogP contribution in [0.2, 0.25) is 0 Å². The molecule has 9 nitrogen and oxygen atoms in total. The van der Waals surface area contributed by atoms with Crippen molar-refractivity contribution in [1.29, 1.82) is 0 Å². The third-order valence-electron chi connectivity index (χ3n) is 6.94. The fourth-order valence-electron chi connectivity index (χ4n) is 5.01. The number of aryl methyl sites for hydroxylation is 1. The van der Waals surface area contributed by atoms with Crippen LogP contribution in [0.25, 0.3) is 0 Å². The second-order valence-electron chi connectivity index (χ2n) is 9.39. The van der Waals surface area contributed by atoms with Crippen LogP contribution in [-0.4, -0.2) is 52.6 Å². The Morgan fingerprint density at radius 3 is 2.66 bits per heavy atom. The number of pyridine rings is 1. The van der Waals surface area contributed by atoms with Crippen molar-refractivity contribution < 1.29 is 19.2 Å². The first kappa shape index (κ1) is 23.0. The smallest absolute Gasteiger partial charge is 0.255 e. The van der Waals surface area contributed by atoms with Crippen molar-refractivity contribution in [2.75, 3.05) is 23.3 Å². The number of carbonyl (C=O) groups is 4. The fraction of sp³-hybridized carbons (Fsp3) is 0.423. The molecule has 1 aromatic heterocycles. The number of hydrogen-bond donors (Lipinski definition) is 2. The molecule has 4 heterocycles. The van der Waals surface area contributed by atoms with Crippen LogP contribution in [0.3, 0.4) is 0 Å². The van der Waals surface area contributed by atoms with Gasteiger partial charge in [-0.25, -0.2) is 4.98 Å². The van der Waals surface area contributed by atoms with E-state index >= 15 is 0 Å². The molecule has 3 aliphatic heterocycles. The van der Waals surface area contributed by atoms with Crippen LogP contribution in [0.15, 0.2) is 36.5 Å². The molecule has 9 heteroatoms. The summed E-state index contributed by atoms with van der Waals surface area (Å²) in [5, 5.41) is 5.21. The first-order valence-electron chi connectivity index (χ1n) is 12.3. The van der Waals surface area contributed by atoms with Gasteiger partial charge in [0.15, 0.2) is 0 Å². The van der Waals surface area contributed by atoms with Crippen LogP contribution < -0.4 is 15.5 Å². The average molecular weight is 476 g/mol. The van der Waals surface area contributed by atoms with E-state index in [9.17, 15) is 19.2 Å². The van der Waals surface area contributed by atoms with Gasteiger partial charge in [0.1, 0.15) is 11.9 Å². The predicted octanol–water partition coefficient (Wildman–Crippen LogP) is 2.40. The molecule has 5 rings (SSSR count). The SMILES string of the molecule is O=C1CCC(N2Cc3ccc(CCC(=O)Nc4ccc(N5CCCCC5)nc4)cc3C2=O)C(=O)N1. The second-order valence-corrected chi connectivity index (χ2v) is 9.39. The normalized spacial score (nSPS) is 20.0. The van der Waals surface area contributed by atoms with Crippen LogP contribution in [0.1, 0.15) is 60.0 Å². The summed E-state index contributed by atoms with van der Waals surface area (Å²) in [4.78, 5) is 57.4. The third kappa shape index (κ3) is 5.03. The van der Waals surface area contributed by atoms with Crippen molar-refractivity contribution in [3.8, 4) is 0 Å². The lowest BCUT2D eigenvalue weighted by molar-refractivity contribution is -0.137. The summed E-state index contributed by atoms with van der Waals surface area (Å²) in [7, 11) is 0. The Morgan fingerprint density at radius 1 is 1.09 bits per heavy atom. The Bertz CT molecular complexity index is 1160. The van der Waals surface area contributed by atoms with Crippen molar-refractivity contribution in [3.63, 3.8) is 0 Å². The zero-order chi connectivity index (χ0) is 24.4. The van der Waals surface area contributed by atoms with Crippen LogP contribution in [-0.2, 0) is 27.3 Å². The highest BCUT2D eigenvalue weighted by Gasteiger charge is 2.39. The monoisotopic (exact) mass is 475 g/mol. The van der Waals surface area contributed by atoms with E-state index in [4.69, 9.17) is 0 Å². The predicted molar refractivity (Wildman–Crippen MR) is 130 cm³/mol. The Labute approximate surface area is 203 Å². The quantitative estimate of drug-likeness (QED) is 0.621. The number of anilines is 2. The van der Waals surface area contributed by atoms with E-state index in [0.717, 1.165) is 30.0 Å². The number of nitrogens with one attached hydrogen (secondary N) is 2. The summed E-state index contributed by atoms with van der Waals surface area (Å²) in [6.45, 7) is 2.39. The molecule has 2 fully saturated rings. The molecule has 0 spiro atoms. The molecule has 0 bridgehead atoms. The van der Waals surface area contributed by atoms with E-state index in [1.54, 1.807) is 6.20 Å². The summed E-state index contributed by atoms with van der Waals surface area (Å²) in [5.41, 5.74) is 2.97. The molecule has 1 unspecified atom stereocenters. The summed E-state index contributed by atoms with van der Waals surface area (Å²) in [5.74, 6) is -0.102. The molecule has 2 aromatic rings. The van der Waals surface area contributed by atoms with Crippen molar-refractivity contribution >= 4 is 35.1 Å². The molecule has 4 amide bonds. The van der Waals surface area contributed by atoms with Gasteiger partial charge in [0, 0.05) is 38.0 Å². The summed E-state index contributed by atoms with van der Waals surface area (Å²) >= 11 is 0. The first-order chi connectivity index (χ1) is 17.0. The van der Waals surface area contributed by atoms with Gasteiger partial charge in [-0.2, -0.15) is 0 Å². The number of rotatable bonds is 6. The molecule has 0 radical (unpaired) electrons. The van der Waals surface area contributed by atoms with E-state index < -0.39 is 11.9 Å². The molecule has 2 N–H and O–H groups in total. The average Bonchev–Trinajstić information content (AvgIpc) is 3.19. The fourth-order valence-corrected chi connectivity index (χ4v) is 5.01. The Morgan fingerprint density at radius 2 is 1.91 bits per heavy atom. The minimum atomic E-state index is -0.628. The molecular weight excluding hydrogens is 446 g/mol. The Balaban J connectivity index is 1.15. The van der Waals surface area contributed by atoms with Gasteiger partial charge in [0.05, 0.1) is 11.9 Å². The number of carbonyl (C=O) groups excluding carboxylic acids is 4. The topological polar surface area (TPSA) is 112 Å². The minimum Gasteiger partial charge on any atom is -0.357 e. The maximum Gasteiger partial charge on any atom is 0.255 e. The van der Waals surface area contributed by atoms with E-state index in [1.165, 1.54) is 24.2 Å². The molecule has 182 valence electrons. The van der Waals surface area contributed by atoms with Crippen molar-refractivity contribution in [3.05, 3.63) is 53.2 Å². The van der Waals surface area contributed by atoms with E-state index in [2.05, 4.69) is 20.5 Å². The van der Waals surface area contributed by atoms with Crippen molar-refractivity contribution in [2.24, 2.45) is 0 Å². The van der Waals surface area contributed by atoms with Gasteiger partial charge in [-0.1, -0.05) is 12.1 Å². The number of imide groups is 1. The maximum absolute atomic E-state index is 13.0. The van der Waals surface area contributed by atoms with E-state index in [0.29, 0.717) is 30.6 Å². The van der Waals surface area contributed by atoms with Crippen LogP contribution in [0.5, 0.6) is 0 Å². The van der Waals surface area contributed by atoms with Gasteiger partial charge < -0.3 is 15.1 Å². The lowest BCUT2D eigenvalue weighted by atomic mass is 10.0. The van der Waals surface area contributed by atoms with Gasteiger partial charge in [0.25, 0.3) is 5.91 Å². The van der Waals surface area contributed by atoms with E-state index in [-0.39, 0.29) is 30.6 Å². The van der Waals surface area contributed by atoms with Crippen LogP contribution >= 0.6 is 0 Å². The number of hydrogen-bond acceptors (Lipinski definition) is 6. The minimum absolute atomic E-state index is 0.116. The molecule has 2 saturated heterocycles. The summed E-state index contributed by atoms with van der Waals surface area (Å²) < 4.78 is 0. The largest absolute Gasteiger partial charge is 0.357 e. The summed E-state index contributed by atoms with van der Waals surface area (Å²) in [6, 6.07) is 8.81. The van der Waals surface area contributed by atoms with Gasteiger partial charge in [-0.05, 0) is 61.4 Å². The second kappa shape index (κ2) is 9.85. The number of benzene rings is 1. The molecule has 1 atom stereocenters. The maximum atomic E-state index is 13.0. The number of nitrogens with zero attached hydrogens (tertiary/aromatic N) is 3. The molecule has 0 saturated carbocycles. The van der Waals surface area contributed by atoms with E-state index in [1.807, 2.05) is 30.3 Å². The highest BCUT2D eigenvalue weighted by atomic mass is 16.2. The number of piperidine rings is 2. The molecular formula is C26H29N5O4. The highest BCUT2D eigenvalue weighted by Crippen LogP contribution is 2.28. The van der Waals surface area contributed by atoms with Gasteiger partial charge in [0.2, 0.25) is 17.7 Å². The van der Waals surface area contributed by atoms with Crippen molar-refractivity contribution in [2.45, 2.75) is 57.5 Å². The van der Waals surface area contributed by atoms with Crippen LogP contribution in [0.4, 0.5) is 11.5 Å². The molecule has 35 heavy (non-hydrogen) atoms. The number of amides is 4. The lowest BCUT2D eigenvalue weighted by Crippen LogP contribution is -2.52. The number of fused-ring (bicyclic) bond motifs is 1.